The number of ether oxygens (including phenoxy) is 1. The Bertz CT molecular complexity index is 572. The Morgan fingerprint density at radius 2 is 2.15 bits per heavy atom. The minimum absolute atomic E-state index is 0. The van der Waals surface area contributed by atoms with E-state index < -0.39 is 0 Å². The number of hydrogen-bond donors (Lipinski definition) is 2. The second kappa shape index (κ2) is 12.2. The summed E-state index contributed by atoms with van der Waals surface area (Å²) >= 11 is 0. The summed E-state index contributed by atoms with van der Waals surface area (Å²) in [6, 6.07) is 3.84. The van der Waals surface area contributed by atoms with Crippen LogP contribution in [0.15, 0.2) is 27.8 Å². The molecule has 154 valence electrons. The second-order valence-corrected chi connectivity index (χ2v) is 7.01. The Balaban J connectivity index is 0.00000364. The van der Waals surface area contributed by atoms with Crippen molar-refractivity contribution in [1.29, 1.82) is 0 Å². The van der Waals surface area contributed by atoms with Crippen molar-refractivity contribution in [3.8, 4) is 0 Å². The minimum Gasteiger partial charge on any atom is -0.469 e. The maximum Gasteiger partial charge on any atom is 0.243 e. The van der Waals surface area contributed by atoms with E-state index in [4.69, 9.17) is 9.15 Å². The third-order valence-electron chi connectivity index (χ3n) is 4.68. The normalized spacial score (nSPS) is 15.0. The average molecular weight is 492 g/mol. The van der Waals surface area contributed by atoms with E-state index in [1.165, 1.54) is 12.8 Å². The lowest BCUT2D eigenvalue weighted by atomic mass is 10.0. The van der Waals surface area contributed by atoms with Crippen LogP contribution in [0.4, 0.5) is 0 Å². The van der Waals surface area contributed by atoms with Crippen molar-refractivity contribution in [2.45, 2.75) is 32.6 Å². The van der Waals surface area contributed by atoms with E-state index in [0.717, 1.165) is 38.4 Å². The van der Waals surface area contributed by atoms with E-state index in [2.05, 4.69) is 15.6 Å². The van der Waals surface area contributed by atoms with Gasteiger partial charge in [-0.3, -0.25) is 4.79 Å². The fourth-order valence-electron chi connectivity index (χ4n) is 2.62. The molecule has 0 aliphatic heterocycles. The van der Waals surface area contributed by atoms with Crippen molar-refractivity contribution < 1.29 is 13.9 Å². The van der Waals surface area contributed by atoms with Crippen LogP contribution in [0.5, 0.6) is 0 Å². The van der Waals surface area contributed by atoms with Crippen molar-refractivity contribution in [3.05, 3.63) is 24.2 Å². The highest BCUT2D eigenvalue weighted by Gasteiger charge is 2.41. The second-order valence-electron chi connectivity index (χ2n) is 7.01. The Labute approximate surface area is 179 Å². The van der Waals surface area contributed by atoms with Gasteiger partial charge in [0, 0.05) is 46.8 Å². The lowest BCUT2D eigenvalue weighted by molar-refractivity contribution is -0.127. The van der Waals surface area contributed by atoms with Gasteiger partial charge in [-0.2, -0.15) is 0 Å². The van der Waals surface area contributed by atoms with Gasteiger partial charge in [0.2, 0.25) is 5.91 Å². The van der Waals surface area contributed by atoms with Crippen LogP contribution in [0.25, 0.3) is 0 Å². The number of guanidine groups is 1. The first-order valence-electron chi connectivity index (χ1n) is 9.37. The van der Waals surface area contributed by atoms with Gasteiger partial charge in [0.15, 0.2) is 5.96 Å². The van der Waals surface area contributed by atoms with Gasteiger partial charge in [0.1, 0.15) is 12.3 Å². The lowest BCUT2D eigenvalue weighted by Gasteiger charge is -2.19. The topological polar surface area (TPSA) is 79.1 Å². The summed E-state index contributed by atoms with van der Waals surface area (Å²) in [6.45, 7) is 5.26. The van der Waals surface area contributed by atoms with Crippen LogP contribution < -0.4 is 10.6 Å². The fourth-order valence-corrected chi connectivity index (χ4v) is 2.62. The summed E-state index contributed by atoms with van der Waals surface area (Å²) < 4.78 is 10.8. The van der Waals surface area contributed by atoms with Gasteiger partial charge in [0.25, 0.3) is 0 Å². The SMILES string of the molecule is CCOCCC1(CNC(=NCC(=O)N(C)C)NCCc2ccco2)CC1.I. The molecule has 1 aromatic rings. The summed E-state index contributed by atoms with van der Waals surface area (Å²) in [5.41, 5.74) is 0.310. The van der Waals surface area contributed by atoms with Gasteiger partial charge in [-0.15, -0.1) is 24.0 Å². The molecule has 7 nitrogen and oxygen atoms in total. The van der Waals surface area contributed by atoms with Crippen LogP contribution in [0.2, 0.25) is 0 Å². The van der Waals surface area contributed by atoms with E-state index in [-0.39, 0.29) is 36.4 Å². The molecule has 1 aliphatic carbocycles. The molecule has 1 saturated carbocycles. The summed E-state index contributed by atoms with van der Waals surface area (Å²) in [5.74, 6) is 1.58. The molecule has 2 N–H and O–H groups in total. The van der Waals surface area contributed by atoms with Crippen LogP contribution in [-0.4, -0.2) is 63.7 Å². The van der Waals surface area contributed by atoms with Crippen molar-refractivity contribution in [1.82, 2.24) is 15.5 Å². The van der Waals surface area contributed by atoms with Crippen molar-refractivity contribution in [3.63, 3.8) is 0 Å². The van der Waals surface area contributed by atoms with Crippen molar-refractivity contribution in [2.24, 2.45) is 10.4 Å². The summed E-state index contributed by atoms with van der Waals surface area (Å²) in [5, 5.41) is 6.70. The molecule has 1 fully saturated rings. The van der Waals surface area contributed by atoms with E-state index >= 15 is 0 Å². The number of aliphatic imine (C=N–C) groups is 1. The van der Waals surface area contributed by atoms with E-state index in [1.54, 1.807) is 25.3 Å². The molecule has 1 amide bonds. The zero-order valence-electron chi connectivity index (χ0n) is 16.6. The van der Waals surface area contributed by atoms with E-state index in [1.807, 2.05) is 19.1 Å². The number of nitrogens with one attached hydrogen (secondary N) is 2. The first-order chi connectivity index (χ1) is 12.5. The van der Waals surface area contributed by atoms with E-state index in [9.17, 15) is 4.79 Å². The molecular weight excluding hydrogens is 459 g/mol. The molecule has 0 unspecified atom stereocenters. The maximum atomic E-state index is 11.8. The standard InChI is InChI=1S/C19H32N4O3.HI/c1-4-25-13-10-19(8-9-19)15-22-18(21-14-17(24)23(2)3)20-11-7-16-6-5-12-26-16;/h5-6,12H,4,7-11,13-15H2,1-3H3,(H2,20,21,22);1H. The maximum absolute atomic E-state index is 11.8. The Morgan fingerprint density at radius 1 is 1.37 bits per heavy atom. The molecule has 0 aromatic carbocycles. The molecule has 1 aromatic heterocycles. The predicted molar refractivity (Wildman–Crippen MR) is 118 cm³/mol. The molecule has 27 heavy (non-hydrogen) atoms. The molecule has 0 atom stereocenters. The van der Waals surface area contributed by atoms with Gasteiger partial charge < -0.3 is 24.7 Å². The molecule has 0 saturated heterocycles. The van der Waals surface area contributed by atoms with Crippen LogP contribution in [-0.2, 0) is 16.0 Å². The predicted octanol–water partition coefficient (Wildman–Crippen LogP) is 2.27. The largest absolute Gasteiger partial charge is 0.469 e. The quantitative estimate of drug-likeness (QED) is 0.215. The van der Waals surface area contributed by atoms with Gasteiger partial charge in [-0.1, -0.05) is 0 Å². The average Bonchev–Trinajstić information content (AvgIpc) is 3.19. The van der Waals surface area contributed by atoms with Crippen LogP contribution in [0.3, 0.4) is 0 Å². The molecule has 8 heteroatoms. The third-order valence-corrected chi connectivity index (χ3v) is 4.68. The zero-order chi connectivity index (χ0) is 18.8. The summed E-state index contributed by atoms with van der Waals surface area (Å²) in [7, 11) is 3.48. The number of nitrogens with zero attached hydrogens (tertiary/aromatic N) is 2. The summed E-state index contributed by atoms with van der Waals surface area (Å²) in [4.78, 5) is 17.8. The first kappa shape index (κ1) is 23.7. The van der Waals surface area contributed by atoms with Crippen molar-refractivity contribution in [2.75, 3.05) is 46.9 Å². The molecular formula is C19H33IN4O3. The number of carbonyl (C=O) groups is 1. The number of carbonyl (C=O) groups excluding carboxylic acids is 1. The number of rotatable bonds is 11. The fraction of sp³-hybridized carbons (Fsp3) is 0.684. The molecule has 0 spiro atoms. The lowest BCUT2D eigenvalue weighted by Crippen LogP contribution is -2.42. The number of amides is 1. The molecule has 0 bridgehead atoms. The summed E-state index contributed by atoms with van der Waals surface area (Å²) in [6.07, 6.45) is 5.93. The first-order valence-corrected chi connectivity index (χ1v) is 9.37. The highest BCUT2D eigenvalue weighted by molar-refractivity contribution is 14.0. The molecule has 2 rings (SSSR count). The van der Waals surface area contributed by atoms with E-state index in [0.29, 0.717) is 17.9 Å². The number of furan rings is 1. The minimum atomic E-state index is -0.0189. The number of hydrogen-bond acceptors (Lipinski definition) is 4. The highest BCUT2D eigenvalue weighted by atomic mass is 127. The van der Waals surface area contributed by atoms with Gasteiger partial charge in [0.05, 0.1) is 6.26 Å². The smallest absolute Gasteiger partial charge is 0.243 e. The Kier molecular flexibility index (Phi) is 10.8. The third kappa shape index (κ3) is 8.96. The molecule has 1 heterocycles. The van der Waals surface area contributed by atoms with Crippen LogP contribution in [0.1, 0.15) is 31.9 Å². The van der Waals surface area contributed by atoms with Gasteiger partial charge >= 0.3 is 0 Å². The molecule has 0 radical (unpaired) electrons. The van der Waals surface area contributed by atoms with Crippen LogP contribution in [0, 0.1) is 5.41 Å². The highest BCUT2D eigenvalue weighted by Crippen LogP contribution is 2.48. The molecule has 1 aliphatic rings. The van der Waals surface area contributed by atoms with Gasteiger partial charge in [-0.05, 0) is 43.7 Å². The Hall–Kier alpha value is -1.29. The Morgan fingerprint density at radius 3 is 2.74 bits per heavy atom. The number of likely N-dealkylation sites (N-methyl/N-ethyl adjacent to an activating group) is 1. The van der Waals surface area contributed by atoms with Gasteiger partial charge in [-0.25, -0.2) is 4.99 Å². The van der Waals surface area contributed by atoms with Crippen LogP contribution >= 0.6 is 24.0 Å². The zero-order valence-corrected chi connectivity index (χ0v) is 19.0. The number of halogens is 1. The monoisotopic (exact) mass is 492 g/mol. The van der Waals surface area contributed by atoms with Crippen molar-refractivity contribution >= 4 is 35.8 Å².